The lowest BCUT2D eigenvalue weighted by atomic mass is 9.98. The van der Waals surface area contributed by atoms with Crippen LogP contribution in [0.4, 0.5) is 4.79 Å². The predicted octanol–water partition coefficient (Wildman–Crippen LogP) is 2.65. The van der Waals surface area contributed by atoms with Crippen LogP contribution < -0.4 is 10.6 Å². The fourth-order valence-corrected chi connectivity index (χ4v) is 3.92. The maximum Gasteiger partial charge on any atom is 0.407 e. The highest BCUT2D eigenvalue weighted by Gasteiger charge is 2.30. The molecule has 2 aromatic rings. The van der Waals surface area contributed by atoms with Crippen LogP contribution in [0.5, 0.6) is 0 Å². The van der Waals surface area contributed by atoms with E-state index in [0.29, 0.717) is 12.8 Å². The summed E-state index contributed by atoms with van der Waals surface area (Å²) in [5.74, 6) is -2.13. The minimum absolute atomic E-state index is 0.108. The summed E-state index contributed by atoms with van der Waals surface area (Å²) in [7, 11) is 0. The Morgan fingerprint density at radius 2 is 1.56 bits per heavy atom. The van der Waals surface area contributed by atoms with Gasteiger partial charge in [-0.1, -0.05) is 68.3 Å². The van der Waals surface area contributed by atoms with E-state index in [1.807, 2.05) is 55.5 Å². The van der Waals surface area contributed by atoms with Crippen LogP contribution in [-0.4, -0.2) is 53.5 Å². The molecule has 0 fully saturated rings. The molecular formula is C24H28N2O6. The van der Waals surface area contributed by atoms with Gasteiger partial charge in [0, 0.05) is 5.92 Å². The summed E-state index contributed by atoms with van der Waals surface area (Å²) >= 11 is 0. The molecule has 2 aromatic carbocycles. The summed E-state index contributed by atoms with van der Waals surface area (Å²) in [5, 5.41) is 23.0. The number of fused-ring (bicyclic) bond motifs is 3. The Kier molecular flexibility index (Phi) is 7.83. The topological polar surface area (TPSA) is 125 Å². The normalized spacial score (nSPS) is 14.1. The Labute approximate surface area is 186 Å². The second-order valence-electron chi connectivity index (χ2n) is 7.75. The van der Waals surface area contributed by atoms with Crippen LogP contribution >= 0.6 is 0 Å². The number of aliphatic hydroxyl groups excluding tert-OH is 1. The molecule has 1 aliphatic carbocycles. The van der Waals surface area contributed by atoms with Crippen molar-refractivity contribution in [3.63, 3.8) is 0 Å². The Morgan fingerprint density at radius 1 is 0.969 bits per heavy atom. The number of carboxylic acid groups (broad SMARTS) is 1. The van der Waals surface area contributed by atoms with Gasteiger partial charge in [-0.25, -0.2) is 9.59 Å². The molecule has 8 nitrogen and oxygen atoms in total. The van der Waals surface area contributed by atoms with Crippen LogP contribution in [-0.2, 0) is 14.3 Å². The number of rotatable bonds is 10. The number of hydrogen-bond acceptors (Lipinski definition) is 5. The minimum Gasteiger partial charge on any atom is -0.480 e. The molecule has 0 saturated heterocycles. The van der Waals surface area contributed by atoms with Crippen LogP contribution in [0.2, 0.25) is 0 Å². The molecule has 0 bridgehead atoms. The van der Waals surface area contributed by atoms with Crippen molar-refractivity contribution in [2.45, 2.75) is 44.2 Å². The van der Waals surface area contributed by atoms with E-state index in [0.717, 1.165) is 28.7 Å². The molecular weight excluding hydrogens is 412 g/mol. The lowest BCUT2D eigenvalue weighted by Crippen LogP contribution is -2.52. The van der Waals surface area contributed by atoms with Crippen LogP contribution in [0.1, 0.15) is 43.2 Å². The summed E-state index contributed by atoms with van der Waals surface area (Å²) in [6, 6.07) is 13.6. The molecule has 1 aliphatic rings. The monoisotopic (exact) mass is 440 g/mol. The maximum absolute atomic E-state index is 12.5. The highest BCUT2D eigenvalue weighted by molar-refractivity contribution is 5.89. The number of benzene rings is 2. The van der Waals surface area contributed by atoms with E-state index in [4.69, 9.17) is 14.9 Å². The van der Waals surface area contributed by atoms with E-state index in [9.17, 15) is 14.4 Å². The molecule has 2 atom stereocenters. The van der Waals surface area contributed by atoms with Gasteiger partial charge in [0.2, 0.25) is 5.91 Å². The second-order valence-corrected chi connectivity index (χ2v) is 7.75. The third kappa shape index (κ3) is 5.26. The lowest BCUT2D eigenvalue weighted by Gasteiger charge is -2.21. The zero-order valence-electron chi connectivity index (χ0n) is 17.9. The summed E-state index contributed by atoms with van der Waals surface area (Å²) in [4.78, 5) is 36.1. The van der Waals surface area contributed by atoms with E-state index >= 15 is 0 Å². The first-order chi connectivity index (χ1) is 15.5. The number of nitrogens with one attached hydrogen (secondary N) is 2. The summed E-state index contributed by atoms with van der Waals surface area (Å²) < 4.78 is 5.48. The molecule has 0 aliphatic heterocycles. The maximum atomic E-state index is 12.5. The summed E-state index contributed by atoms with van der Waals surface area (Å²) in [5.41, 5.74) is 4.38. The van der Waals surface area contributed by atoms with Gasteiger partial charge in [-0.2, -0.15) is 0 Å². The molecule has 3 rings (SSSR count). The van der Waals surface area contributed by atoms with Crippen LogP contribution in [0.15, 0.2) is 48.5 Å². The molecule has 8 heteroatoms. The van der Waals surface area contributed by atoms with Gasteiger partial charge < -0.3 is 25.6 Å². The van der Waals surface area contributed by atoms with Gasteiger partial charge in [0.05, 0.1) is 6.61 Å². The molecule has 4 N–H and O–H groups in total. The first kappa shape index (κ1) is 23.3. The Hall–Kier alpha value is -3.39. The molecule has 32 heavy (non-hydrogen) atoms. The van der Waals surface area contributed by atoms with Gasteiger partial charge in [0.1, 0.15) is 18.7 Å². The number of carbonyl (C=O) groups excluding carboxylic acids is 2. The van der Waals surface area contributed by atoms with Crippen LogP contribution in [0.3, 0.4) is 0 Å². The van der Waals surface area contributed by atoms with E-state index in [1.54, 1.807) is 0 Å². The first-order valence-electron chi connectivity index (χ1n) is 10.7. The Morgan fingerprint density at radius 3 is 2.09 bits per heavy atom. The highest BCUT2D eigenvalue weighted by Crippen LogP contribution is 2.44. The van der Waals surface area contributed by atoms with Gasteiger partial charge in [-0.05, 0) is 28.7 Å². The number of ether oxygens (including phenoxy) is 1. The third-order valence-electron chi connectivity index (χ3n) is 5.60. The number of amides is 2. The van der Waals surface area contributed by atoms with Crippen LogP contribution in [0.25, 0.3) is 11.1 Å². The zero-order chi connectivity index (χ0) is 23.1. The number of hydrogen-bond donors (Lipinski definition) is 4. The number of unbranched alkanes of at least 4 members (excludes halogenated alkanes) is 1. The SMILES string of the molecule is CCCC[C@H](NC(=O)OCC1c2ccccc2-c2ccccc21)C(=O)NC(CO)C(=O)O. The predicted molar refractivity (Wildman–Crippen MR) is 118 cm³/mol. The highest BCUT2D eigenvalue weighted by atomic mass is 16.5. The lowest BCUT2D eigenvalue weighted by molar-refractivity contribution is -0.143. The van der Waals surface area contributed by atoms with Crippen molar-refractivity contribution in [3.8, 4) is 11.1 Å². The molecule has 0 heterocycles. The zero-order valence-corrected chi connectivity index (χ0v) is 17.9. The summed E-state index contributed by atoms with van der Waals surface area (Å²) in [6.45, 7) is 1.30. The molecule has 0 spiro atoms. The molecule has 0 saturated carbocycles. The van der Waals surface area contributed by atoms with E-state index in [-0.39, 0.29) is 12.5 Å². The van der Waals surface area contributed by atoms with Crippen molar-refractivity contribution in [1.29, 1.82) is 0 Å². The molecule has 170 valence electrons. The molecule has 2 amide bonds. The molecule has 0 aromatic heterocycles. The van der Waals surface area contributed by atoms with E-state index < -0.39 is 36.7 Å². The van der Waals surface area contributed by atoms with Crippen molar-refractivity contribution in [1.82, 2.24) is 10.6 Å². The van der Waals surface area contributed by atoms with Crippen molar-refractivity contribution < 1.29 is 29.3 Å². The van der Waals surface area contributed by atoms with Crippen molar-refractivity contribution in [2.75, 3.05) is 13.2 Å². The molecule has 0 radical (unpaired) electrons. The minimum atomic E-state index is -1.43. The average molecular weight is 440 g/mol. The van der Waals surface area contributed by atoms with Crippen molar-refractivity contribution >= 4 is 18.0 Å². The van der Waals surface area contributed by atoms with E-state index in [2.05, 4.69) is 10.6 Å². The Balaban J connectivity index is 1.65. The van der Waals surface area contributed by atoms with Crippen molar-refractivity contribution in [3.05, 3.63) is 59.7 Å². The number of alkyl carbamates (subject to hydrolysis) is 1. The van der Waals surface area contributed by atoms with Gasteiger partial charge in [-0.3, -0.25) is 4.79 Å². The van der Waals surface area contributed by atoms with E-state index in [1.165, 1.54) is 0 Å². The largest absolute Gasteiger partial charge is 0.480 e. The van der Waals surface area contributed by atoms with Crippen molar-refractivity contribution in [2.24, 2.45) is 0 Å². The van der Waals surface area contributed by atoms with Gasteiger partial charge in [-0.15, -0.1) is 0 Å². The van der Waals surface area contributed by atoms with Gasteiger partial charge in [0.25, 0.3) is 0 Å². The van der Waals surface area contributed by atoms with Gasteiger partial charge >= 0.3 is 12.1 Å². The second kappa shape index (κ2) is 10.8. The number of aliphatic carboxylic acids is 1. The first-order valence-corrected chi connectivity index (χ1v) is 10.7. The quantitative estimate of drug-likeness (QED) is 0.450. The smallest absolute Gasteiger partial charge is 0.407 e. The van der Waals surface area contributed by atoms with Gasteiger partial charge in [0.15, 0.2) is 0 Å². The van der Waals surface area contributed by atoms with Crippen LogP contribution in [0, 0.1) is 0 Å². The Bertz CT molecular complexity index is 931. The number of aliphatic hydroxyl groups is 1. The number of carbonyl (C=O) groups is 3. The molecule has 1 unspecified atom stereocenters. The number of carboxylic acids is 1. The standard InChI is InChI=1S/C24H28N2O6/c1-2-3-12-20(22(28)25-21(13-27)23(29)30)26-24(31)32-14-19-17-10-6-4-8-15(17)16-9-5-7-11-18(16)19/h4-11,19-21,27H,2-3,12-14H2,1H3,(H,25,28)(H,26,31)(H,29,30)/t20-,21?/m0/s1. The summed E-state index contributed by atoms with van der Waals surface area (Å²) in [6.07, 6.45) is 1.01. The third-order valence-corrected chi connectivity index (χ3v) is 5.60. The fraction of sp³-hybridized carbons (Fsp3) is 0.375. The fourth-order valence-electron chi connectivity index (χ4n) is 3.92. The average Bonchev–Trinajstić information content (AvgIpc) is 3.12.